The first-order chi connectivity index (χ1) is 7.86. The van der Waals surface area contributed by atoms with Crippen molar-refractivity contribution in [2.45, 2.75) is 44.9 Å². The van der Waals surface area contributed by atoms with Crippen LogP contribution in [-0.2, 0) is 0 Å². The van der Waals surface area contributed by atoms with E-state index in [1.807, 2.05) is 0 Å². The van der Waals surface area contributed by atoms with Crippen molar-refractivity contribution >= 4 is 0 Å². The van der Waals surface area contributed by atoms with Crippen molar-refractivity contribution in [3.8, 4) is 0 Å². The zero-order chi connectivity index (χ0) is 10.8. The molecule has 0 aromatic heterocycles. The highest BCUT2D eigenvalue weighted by Crippen LogP contribution is 2.43. The Balaban J connectivity index is 1.42. The van der Waals surface area contributed by atoms with Crippen molar-refractivity contribution in [2.24, 2.45) is 11.3 Å². The number of hydrogen-bond donors (Lipinski definition) is 1. The van der Waals surface area contributed by atoms with Crippen LogP contribution in [0, 0.1) is 11.3 Å². The van der Waals surface area contributed by atoms with Gasteiger partial charge in [0.2, 0.25) is 0 Å². The summed E-state index contributed by atoms with van der Waals surface area (Å²) in [7, 11) is 0. The Kier molecular flexibility index (Phi) is 3.21. The van der Waals surface area contributed by atoms with E-state index in [1.165, 1.54) is 77.7 Å². The molecular weight excluding hydrogens is 196 g/mol. The van der Waals surface area contributed by atoms with Gasteiger partial charge in [-0.1, -0.05) is 19.3 Å². The second kappa shape index (κ2) is 4.66. The molecule has 2 heteroatoms. The number of nitrogens with one attached hydrogen (secondary N) is 1. The zero-order valence-corrected chi connectivity index (χ0v) is 10.5. The second-order valence-corrected chi connectivity index (χ2v) is 6.44. The van der Waals surface area contributed by atoms with Gasteiger partial charge in [0.05, 0.1) is 0 Å². The minimum Gasteiger partial charge on any atom is -0.316 e. The first kappa shape index (κ1) is 11.0. The van der Waals surface area contributed by atoms with Crippen LogP contribution in [-0.4, -0.2) is 37.6 Å². The van der Waals surface area contributed by atoms with Crippen LogP contribution in [0.5, 0.6) is 0 Å². The zero-order valence-electron chi connectivity index (χ0n) is 10.5. The minimum atomic E-state index is 0.778. The lowest BCUT2D eigenvalue weighted by Gasteiger charge is -2.53. The quantitative estimate of drug-likeness (QED) is 0.771. The molecule has 0 aromatic rings. The number of rotatable bonds is 2. The molecule has 2 nitrogen and oxygen atoms in total. The van der Waals surface area contributed by atoms with Crippen LogP contribution in [0.1, 0.15) is 44.9 Å². The third-order valence-corrected chi connectivity index (χ3v) is 4.95. The van der Waals surface area contributed by atoms with Gasteiger partial charge in [-0.3, -0.25) is 0 Å². The molecule has 1 atom stereocenters. The Morgan fingerprint density at radius 3 is 2.56 bits per heavy atom. The molecule has 1 N–H and O–H groups in total. The molecule has 1 spiro atoms. The summed E-state index contributed by atoms with van der Waals surface area (Å²) in [6.07, 6.45) is 10.4. The number of likely N-dealkylation sites (tertiary alicyclic amines) is 1. The van der Waals surface area contributed by atoms with Gasteiger partial charge in [0.25, 0.3) is 0 Å². The summed E-state index contributed by atoms with van der Waals surface area (Å²) in [5, 5.41) is 3.53. The van der Waals surface area contributed by atoms with Crippen molar-refractivity contribution in [3.05, 3.63) is 0 Å². The third-order valence-electron chi connectivity index (χ3n) is 4.95. The standard InChI is InChI=1S/C14H26N2/c1-2-6-14(7-3-1)11-16(12-14)10-13-5-4-8-15-9-13/h13,15H,1-12H2. The molecule has 0 bridgehead atoms. The van der Waals surface area contributed by atoms with Gasteiger partial charge in [-0.25, -0.2) is 0 Å². The third kappa shape index (κ3) is 2.28. The van der Waals surface area contributed by atoms with Crippen molar-refractivity contribution in [2.75, 3.05) is 32.7 Å². The van der Waals surface area contributed by atoms with E-state index in [1.54, 1.807) is 0 Å². The summed E-state index contributed by atoms with van der Waals surface area (Å²) in [4.78, 5) is 2.73. The first-order valence-corrected chi connectivity index (χ1v) is 7.29. The lowest BCUT2D eigenvalue weighted by atomic mass is 9.68. The molecule has 2 heterocycles. The molecule has 1 saturated carbocycles. The summed E-state index contributed by atoms with van der Waals surface area (Å²) in [6, 6.07) is 0. The Labute approximate surface area is 99.8 Å². The van der Waals surface area contributed by atoms with Crippen LogP contribution in [0.15, 0.2) is 0 Å². The van der Waals surface area contributed by atoms with Crippen molar-refractivity contribution in [3.63, 3.8) is 0 Å². The monoisotopic (exact) mass is 222 g/mol. The van der Waals surface area contributed by atoms with Gasteiger partial charge in [-0.15, -0.1) is 0 Å². The van der Waals surface area contributed by atoms with Gasteiger partial charge >= 0.3 is 0 Å². The van der Waals surface area contributed by atoms with E-state index in [2.05, 4.69) is 10.2 Å². The van der Waals surface area contributed by atoms with Gasteiger partial charge in [-0.05, 0) is 50.1 Å². The van der Waals surface area contributed by atoms with E-state index < -0.39 is 0 Å². The molecule has 3 fully saturated rings. The maximum absolute atomic E-state index is 3.53. The fraction of sp³-hybridized carbons (Fsp3) is 1.00. The lowest BCUT2D eigenvalue weighted by molar-refractivity contribution is -0.0377. The summed E-state index contributed by atoms with van der Waals surface area (Å²) in [5.74, 6) is 0.940. The Hall–Kier alpha value is -0.0800. The van der Waals surface area contributed by atoms with Gasteiger partial charge in [0.15, 0.2) is 0 Å². The maximum atomic E-state index is 3.53. The van der Waals surface area contributed by atoms with Gasteiger partial charge in [0, 0.05) is 19.6 Å². The second-order valence-electron chi connectivity index (χ2n) is 6.44. The Morgan fingerprint density at radius 1 is 1.06 bits per heavy atom. The summed E-state index contributed by atoms with van der Waals surface area (Å²) >= 11 is 0. The van der Waals surface area contributed by atoms with E-state index in [-0.39, 0.29) is 0 Å². The van der Waals surface area contributed by atoms with E-state index in [0.29, 0.717) is 0 Å². The van der Waals surface area contributed by atoms with Crippen LogP contribution < -0.4 is 5.32 Å². The van der Waals surface area contributed by atoms with Crippen LogP contribution in [0.2, 0.25) is 0 Å². The maximum Gasteiger partial charge on any atom is 0.00506 e. The van der Waals surface area contributed by atoms with Crippen LogP contribution >= 0.6 is 0 Å². The number of nitrogens with zero attached hydrogens (tertiary/aromatic N) is 1. The van der Waals surface area contributed by atoms with E-state index >= 15 is 0 Å². The molecular formula is C14H26N2. The fourth-order valence-electron chi connectivity index (χ4n) is 4.09. The number of hydrogen-bond acceptors (Lipinski definition) is 2. The van der Waals surface area contributed by atoms with E-state index in [0.717, 1.165) is 11.3 Å². The van der Waals surface area contributed by atoms with Gasteiger partial charge < -0.3 is 10.2 Å². The summed E-state index contributed by atoms with van der Waals surface area (Å²) in [6.45, 7) is 6.73. The fourth-order valence-corrected chi connectivity index (χ4v) is 4.09. The molecule has 2 saturated heterocycles. The molecule has 1 aliphatic carbocycles. The van der Waals surface area contributed by atoms with Crippen LogP contribution in [0.25, 0.3) is 0 Å². The molecule has 3 rings (SSSR count). The highest BCUT2D eigenvalue weighted by Gasteiger charge is 2.43. The van der Waals surface area contributed by atoms with Crippen molar-refractivity contribution in [1.29, 1.82) is 0 Å². The molecule has 1 unspecified atom stereocenters. The van der Waals surface area contributed by atoms with Crippen LogP contribution in [0.4, 0.5) is 0 Å². The number of piperidine rings is 1. The molecule has 2 aliphatic heterocycles. The largest absolute Gasteiger partial charge is 0.316 e. The van der Waals surface area contributed by atoms with Gasteiger partial charge in [0.1, 0.15) is 0 Å². The smallest absolute Gasteiger partial charge is 0.00506 e. The first-order valence-electron chi connectivity index (χ1n) is 7.29. The van der Waals surface area contributed by atoms with Crippen LogP contribution in [0.3, 0.4) is 0 Å². The highest BCUT2D eigenvalue weighted by molar-refractivity contribution is 4.97. The predicted molar refractivity (Wildman–Crippen MR) is 67.6 cm³/mol. The topological polar surface area (TPSA) is 15.3 Å². The molecule has 3 aliphatic rings. The predicted octanol–water partition coefficient (Wildman–Crippen LogP) is 2.25. The average molecular weight is 222 g/mol. The average Bonchev–Trinajstić information content (AvgIpc) is 2.30. The van der Waals surface area contributed by atoms with E-state index in [9.17, 15) is 0 Å². The molecule has 16 heavy (non-hydrogen) atoms. The minimum absolute atomic E-state index is 0.778. The van der Waals surface area contributed by atoms with Crippen molar-refractivity contribution < 1.29 is 0 Å². The summed E-state index contributed by atoms with van der Waals surface area (Å²) < 4.78 is 0. The SMILES string of the molecule is C1CCC2(CC1)CN(CC1CCCNC1)C2. The lowest BCUT2D eigenvalue weighted by Crippen LogP contribution is -2.58. The normalized spacial score (nSPS) is 34.9. The van der Waals surface area contributed by atoms with E-state index in [4.69, 9.17) is 0 Å². The van der Waals surface area contributed by atoms with Crippen molar-refractivity contribution in [1.82, 2.24) is 10.2 Å². The highest BCUT2D eigenvalue weighted by atomic mass is 15.2. The Bertz CT molecular complexity index is 216. The Morgan fingerprint density at radius 2 is 1.88 bits per heavy atom. The van der Waals surface area contributed by atoms with Gasteiger partial charge in [-0.2, -0.15) is 0 Å². The molecule has 0 aromatic carbocycles. The molecule has 0 radical (unpaired) electrons. The summed E-state index contributed by atoms with van der Waals surface area (Å²) in [5.41, 5.74) is 0.778. The molecule has 0 amide bonds. The molecule has 92 valence electrons.